The van der Waals surface area contributed by atoms with Crippen molar-refractivity contribution in [3.05, 3.63) is 29.8 Å². The minimum absolute atomic E-state index is 0.197. The second kappa shape index (κ2) is 6.03. The number of nitrogens with zero attached hydrogens (tertiary/aromatic N) is 1. The third-order valence-electron chi connectivity index (χ3n) is 1.94. The summed E-state index contributed by atoms with van der Waals surface area (Å²) in [6.07, 6.45) is 1.75. The highest BCUT2D eigenvalue weighted by Crippen LogP contribution is 2.13. The van der Waals surface area contributed by atoms with Crippen LogP contribution in [0.2, 0.25) is 0 Å². The highest BCUT2D eigenvalue weighted by molar-refractivity contribution is 7.84. The Morgan fingerprint density at radius 3 is 2.81 bits per heavy atom. The molecule has 1 N–H and O–H groups in total. The molecule has 0 aliphatic rings. The maximum absolute atomic E-state index is 11.4. The van der Waals surface area contributed by atoms with Crippen LogP contribution in [0.25, 0.3) is 0 Å². The number of para-hydroxylation sites is 1. The molecule has 0 saturated carbocycles. The van der Waals surface area contributed by atoms with Crippen LogP contribution in [0.15, 0.2) is 24.3 Å². The Kier molecular flexibility index (Phi) is 4.67. The number of nitriles is 1. The first-order chi connectivity index (χ1) is 7.63. The summed E-state index contributed by atoms with van der Waals surface area (Å²) in [5.74, 6) is 0.110. The molecule has 1 aromatic carbocycles. The number of carbonyl (C=O) groups is 1. The highest BCUT2D eigenvalue weighted by atomic mass is 32.2. The van der Waals surface area contributed by atoms with Gasteiger partial charge >= 0.3 is 0 Å². The first kappa shape index (κ1) is 12.4. The van der Waals surface area contributed by atoms with E-state index in [-0.39, 0.29) is 12.3 Å². The molecule has 4 nitrogen and oxygen atoms in total. The predicted octanol–water partition coefficient (Wildman–Crippen LogP) is 1.27. The fourth-order valence-electron chi connectivity index (χ4n) is 1.14. The van der Waals surface area contributed by atoms with Gasteiger partial charge in [0.05, 0.1) is 11.3 Å². The Bertz CT molecular complexity index is 452. The number of hydrogen-bond donors (Lipinski definition) is 1. The predicted molar refractivity (Wildman–Crippen MR) is 63.3 cm³/mol. The third-order valence-corrected chi connectivity index (χ3v) is 2.72. The van der Waals surface area contributed by atoms with Crippen LogP contribution in [-0.2, 0) is 15.6 Å². The van der Waals surface area contributed by atoms with Crippen molar-refractivity contribution < 1.29 is 9.00 Å². The summed E-state index contributed by atoms with van der Waals surface area (Å²) in [4.78, 5) is 11.4. The molecular formula is C11H12N2O2S. The lowest BCUT2D eigenvalue weighted by atomic mass is 10.2. The topological polar surface area (TPSA) is 70.0 Å². The second-order valence-corrected chi connectivity index (χ2v) is 4.79. The van der Waals surface area contributed by atoms with Crippen molar-refractivity contribution in [1.29, 1.82) is 5.26 Å². The van der Waals surface area contributed by atoms with Gasteiger partial charge in [-0.2, -0.15) is 5.26 Å². The van der Waals surface area contributed by atoms with Crippen molar-refractivity contribution in [2.75, 3.05) is 17.3 Å². The molecule has 0 aliphatic heterocycles. The molecular weight excluding hydrogens is 224 g/mol. The summed E-state index contributed by atoms with van der Waals surface area (Å²) in [7, 11) is -0.977. The molecule has 1 amide bonds. The number of rotatable bonds is 4. The molecule has 1 unspecified atom stereocenters. The van der Waals surface area contributed by atoms with Crippen molar-refractivity contribution in [2.45, 2.75) is 6.42 Å². The van der Waals surface area contributed by atoms with Crippen molar-refractivity contribution >= 4 is 22.4 Å². The van der Waals surface area contributed by atoms with Gasteiger partial charge in [-0.1, -0.05) is 12.1 Å². The van der Waals surface area contributed by atoms with Crippen LogP contribution in [0.1, 0.15) is 12.0 Å². The average molecular weight is 236 g/mol. The van der Waals surface area contributed by atoms with Gasteiger partial charge in [-0.05, 0) is 12.1 Å². The van der Waals surface area contributed by atoms with Gasteiger partial charge < -0.3 is 5.32 Å². The molecule has 1 atom stereocenters. The van der Waals surface area contributed by atoms with Gasteiger partial charge in [-0.25, -0.2) is 0 Å². The molecule has 0 aromatic heterocycles. The van der Waals surface area contributed by atoms with E-state index in [1.54, 1.807) is 30.5 Å². The van der Waals surface area contributed by atoms with E-state index in [1.807, 2.05) is 6.07 Å². The van der Waals surface area contributed by atoms with Gasteiger partial charge in [0.1, 0.15) is 6.07 Å². The van der Waals surface area contributed by atoms with Gasteiger partial charge in [0.25, 0.3) is 0 Å². The summed E-state index contributed by atoms with van der Waals surface area (Å²) in [6.45, 7) is 0. The standard InChI is InChI=1S/C11H12N2O2S/c1-16(15)7-6-11(14)13-10-5-3-2-4-9(10)8-12/h2-5H,6-7H2,1H3,(H,13,14). The first-order valence-electron chi connectivity index (χ1n) is 4.72. The highest BCUT2D eigenvalue weighted by Gasteiger charge is 2.06. The van der Waals surface area contributed by atoms with Gasteiger partial charge in [-0.15, -0.1) is 0 Å². The molecule has 16 heavy (non-hydrogen) atoms. The Balaban J connectivity index is 2.63. The third kappa shape index (κ3) is 3.83. The van der Waals surface area contributed by atoms with Crippen LogP contribution >= 0.6 is 0 Å². The Morgan fingerprint density at radius 2 is 2.19 bits per heavy atom. The number of hydrogen-bond acceptors (Lipinski definition) is 3. The molecule has 0 saturated heterocycles. The Labute approximate surface area is 96.7 Å². The molecule has 5 heteroatoms. The van der Waals surface area contributed by atoms with Gasteiger partial charge in [0, 0.05) is 29.2 Å². The Morgan fingerprint density at radius 1 is 1.50 bits per heavy atom. The van der Waals surface area contributed by atoms with Crippen LogP contribution in [-0.4, -0.2) is 22.1 Å². The smallest absolute Gasteiger partial charge is 0.225 e. The molecule has 0 heterocycles. The molecule has 0 aliphatic carbocycles. The Hall–Kier alpha value is -1.67. The molecule has 1 rings (SSSR count). The molecule has 1 aromatic rings. The van der Waals surface area contributed by atoms with Crippen LogP contribution < -0.4 is 5.32 Å². The average Bonchev–Trinajstić information content (AvgIpc) is 2.27. The molecule has 0 bridgehead atoms. The van der Waals surface area contributed by atoms with E-state index >= 15 is 0 Å². The number of carbonyl (C=O) groups excluding carboxylic acids is 1. The van der Waals surface area contributed by atoms with Crippen molar-refractivity contribution in [3.8, 4) is 6.07 Å². The summed E-state index contributed by atoms with van der Waals surface area (Å²) in [6, 6.07) is 8.77. The van der Waals surface area contributed by atoms with E-state index in [0.717, 1.165) is 0 Å². The summed E-state index contributed by atoms with van der Waals surface area (Å²) in [5, 5.41) is 11.4. The lowest BCUT2D eigenvalue weighted by Gasteiger charge is -2.05. The molecule has 84 valence electrons. The van der Waals surface area contributed by atoms with E-state index in [2.05, 4.69) is 5.32 Å². The molecule has 0 radical (unpaired) electrons. The minimum Gasteiger partial charge on any atom is -0.325 e. The van der Waals surface area contributed by atoms with Crippen molar-refractivity contribution in [3.63, 3.8) is 0 Å². The lowest BCUT2D eigenvalue weighted by molar-refractivity contribution is -0.115. The molecule has 0 spiro atoms. The van der Waals surface area contributed by atoms with E-state index in [0.29, 0.717) is 17.0 Å². The van der Waals surface area contributed by atoms with E-state index in [4.69, 9.17) is 5.26 Å². The number of benzene rings is 1. The number of anilines is 1. The SMILES string of the molecule is CS(=O)CCC(=O)Nc1ccccc1C#N. The lowest BCUT2D eigenvalue weighted by Crippen LogP contribution is -2.15. The van der Waals surface area contributed by atoms with Crippen molar-refractivity contribution in [1.82, 2.24) is 0 Å². The summed E-state index contributed by atoms with van der Waals surface area (Å²) < 4.78 is 10.8. The maximum Gasteiger partial charge on any atom is 0.225 e. The van der Waals surface area contributed by atoms with E-state index in [1.165, 1.54) is 0 Å². The van der Waals surface area contributed by atoms with Crippen LogP contribution in [0.5, 0.6) is 0 Å². The quantitative estimate of drug-likeness (QED) is 0.855. The van der Waals surface area contributed by atoms with Crippen LogP contribution in [0, 0.1) is 11.3 Å². The van der Waals surface area contributed by atoms with Gasteiger partial charge in [0.15, 0.2) is 0 Å². The summed E-state index contributed by atoms with van der Waals surface area (Å²) in [5.41, 5.74) is 0.922. The number of nitrogens with one attached hydrogen (secondary N) is 1. The summed E-state index contributed by atoms with van der Waals surface area (Å²) >= 11 is 0. The van der Waals surface area contributed by atoms with Crippen LogP contribution in [0.4, 0.5) is 5.69 Å². The largest absolute Gasteiger partial charge is 0.325 e. The van der Waals surface area contributed by atoms with Gasteiger partial charge in [-0.3, -0.25) is 9.00 Å². The zero-order valence-corrected chi connectivity index (χ0v) is 9.71. The maximum atomic E-state index is 11.4. The molecule has 0 fully saturated rings. The fourth-order valence-corrected chi connectivity index (χ4v) is 1.61. The zero-order chi connectivity index (χ0) is 12.0. The van der Waals surface area contributed by atoms with E-state index in [9.17, 15) is 9.00 Å². The number of amides is 1. The minimum atomic E-state index is -0.977. The second-order valence-electron chi connectivity index (χ2n) is 3.23. The normalized spacial score (nSPS) is 11.5. The van der Waals surface area contributed by atoms with E-state index < -0.39 is 10.8 Å². The van der Waals surface area contributed by atoms with Crippen molar-refractivity contribution in [2.24, 2.45) is 0 Å². The monoisotopic (exact) mass is 236 g/mol. The van der Waals surface area contributed by atoms with Gasteiger partial charge in [0.2, 0.25) is 5.91 Å². The fraction of sp³-hybridized carbons (Fsp3) is 0.273. The van der Waals surface area contributed by atoms with Crippen LogP contribution in [0.3, 0.4) is 0 Å². The zero-order valence-electron chi connectivity index (χ0n) is 8.90. The first-order valence-corrected chi connectivity index (χ1v) is 6.45.